The molecule has 1 aliphatic heterocycles. The van der Waals surface area contributed by atoms with Crippen LogP contribution in [-0.2, 0) is 11.3 Å². The summed E-state index contributed by atoms with van der Waals surface area (Å²) < 4.78 is 2.26. The molecule has 0 unspecified atom stereocenters. The summed E-state index contributed by atoms with van der Waals surface area (Å²) in [5, 5.41) is 3.32. The molecular weight excluding hydrogens is 298 g/mol. The average molecular weight is 325 g/mol. The van der Waals surface area contributed by atoms with Crippen molar-refractivity contribution in [1.82, 2.24) is 14.8 Å². The molecule has 4 heteroatoms. The molecule has 0 radical (unpaired) electrons. The third-order valence-electron chi connectivity index (χ3n) is 4.49. The quantitative estimate of drug-likeness (QED) is 0.941. The Morgan fingerprint density at radius 2 is 2.00 bits per heavy atom. The van der Waals surface area contributed by atoms with Crippen molar-refractivity contribution in [1.29, 1.82) is 0 Å². The van der Waals surface area contributed by atoms with E-state index in [2.05, 4.69) is 80.2 Å². The van der Waals surface area contributed by atoms with Crippen molar-refractivity contribution < 1.29 is 4.79 Å². The number of benzene rings is 1. The molecule has 1 aromatic heterocycles. The van der Waals surface area contributed by atoms with Crippen molar-refractivity contribution >= 4 is 5.91 Å². The first kappa shape index (κ1) is 16.8. The normalized spacial score (nSPS) is 17.7. The van der Waals surface area contributed by atoms with E-state index >= 15 is 0 Å². The molecule has 1 N–H and O–H groups in total. The van der Waals surface area contributed by atoms with E-state index in [1.807, 2.05) is 4.90 Å². The van der Waals surface area contributed by atoms with E-state index in [9.17, 15) is 4.79 Å². The van der Waals surface area contributed by atoms with Crippen LogP contribution in [0.2, 0.25) is 0 Å². The van der Waals surface area contributed by atoms with Gasteiger partial charge in [-0.2, -0.15) is 0 Å². The van der Waals surface area contributed by atoms with Crippen LogP contribution in [0.15, 0.2) is 42.6 Å². The third-order valence-corrected chi connectivity index (χ3v) is 4.49. The summed E-state index contributed by atoms with van der Waals surface area (Å²) in [5.41, 5.74) is 3.52. The fourth-order valence-corrected chi connectivity index (χ4v) is 3.29. The van der Waals surface area contributed by atoms with Gasteiger partial charge in [-0.15, -0.1) is 0 Å². The maximum absolute atomic E-state index is 12.9. The van der Waals surface area contributed by atoms with Gasteiger partial charge in [0, 0.05) is 30.5 Å². The average Bonchev–Trinajstić information content (AvgIpc) is 2.99. The van der Waals surface area contributed by atoms with Gasteiger partial charge in [0.1, 0.15) is 0 Å². The number of fused-ring (bicyclic) bond motifs is 1. The fourth-order valence-electron chi connectivity index (χ4n) is 3.29. The van der Waals surface area contributed by atoms with Gasteiger partial charge in [0.05, 0.1) is 12.6 Å². The van der Waals surface area contributed by atoms with Crippen LogP contribution in [0.1, 0.15) is 43.6 Å². The second kappa shape index (κ2) is 6.44. The van der Waals surface area contributed by atoms with E-state index < -0.39 is 0 Å². The molecule has 24 heavy (non-hydrogen) atoms. The van der Waals surface area contributed by atoms with E-state index in [0.29, 0.717) is 6.54 Å². The number of aromatic nitrogens is 1. The zero-order valence-corrected chi connectivity index (χ0v) is 15.0. The molecule has 128 valence electrons. The van der Waals surface area contributed by atoms with Crippen molar-refractivity contribution in [2.45, 2.75) is 45.8 Å². The molecule has 1 aromatic carbocycles. The summed E-state index contributed by atoms with van der Waals surface area (Å²) >= 11 is 0. The Labute approximate surface area is 144 Å². The second-order valence-corrected chi connectivity index (χ2v) is 7.63. The van der Waals surface area contributed by atoms with E-state index in [1.54, 1.807) is 0 Å². The summed E-state index contributed by atoms with van der Waals surface area (Å²) in [5.74, 6) is 0.156. The van der Waals surface area contributed by atoms with Gasteiger partial charge in [-0.05, 0) is 45.4 Å². The highest BCUT2D eigenvalue weighted by Crippen LogP contribution is 2.32. The first-order chi connectivity index (χ1) is 11.3. The monoisotopic (exact) mass is 325 g/mol. The van der Waals surface area contributed by atoms with Crippen LogP contribution in [0.5, 0.6) is 0 Å². The van der Waals surface area contributed by atoms with Crippen molar-refractivity contribution in [2.24, 2.45) is 0 Å². The van der Waals surface area contributed by atoms with Gasteiger partial charge in [-0.25, -0.2) is 0 Å². The number of nitrogens with one attached hydrogen (secondary N) is 1. The van der Waals surface area contributed by atoms with E-state index in [1.165, 1.54) is 16.8 Å². The lowest BCUT2D eigenvalue weighted by Gasteiger charge is -2.38. The summed E-state index contributed by atoms with van der Waals surface area (Å²) in [4.78, 5) is 14.9. The zero-order chi connectivity index (χ0) is 17.3. The Kier molecular flexibility index (Phi) is 4.50. The number of amides is 1. The standard InChI is InChI=1S/C20H27N3O/c1-15-7-5-8-16(13-15)19-17-9-6-10-22(17)11-12-23(19)18(24)14-21-20(2,3)4/h5-10,13,19,21H,11-12,14H2,1-4H3/t19-/m0/s1. The van der Waals surface area contributed by atoms with Crippen molar-refractivity contribution in [3.05, 3.63) is 59.4 Å². The molecule has 3 rings (SSSR count). The lowest BCUT2D eigenvalue weighted by Crippen LogP contribution is -2.49. The van der Waals surface area contributed by atoms with Crippen LogP contribution >= 0.6 is 0 Å². The molecule has 2 heterocycles. The van der Waals surface area contributed by atoms with Crippen LogP contribution in [0.25, 0.3) is 0 Å². The number of carbonyl (C=O) groups excluding carboxylic acids is 1. The number of aryl methyl sites for hydroxylation is 1. The topological polar surface area (TPSA) is 37.3 Å². The van der Waals surface area contributed by atoms with Gasteiger partial charge in [0.25, 0.3) is 0 Å². The molecule has 1 atom stereocenters. The van der Waals surface area contributed by atoms with Crippen LogP contribution < -0.4 is 5.32 Å². The predicted octanol–water partition coefficient (Wildman–Crippen LogP) is 3.12. The van der Waals surface area contributed by atoms with Crippen LogP contribution in [0.4, 0.5) is 0 Å². The minimum Gasteiger partial charge on any atom is -0.348 e. The van der Waals surface area contributed by atoms with Gasteiger partial charge in [-0.3, -0.25) is 4.79 Å². The van der Waals surface area contributed by atoms with Gasteiger partial charge >= 0.3 is 0 Å². The smallest absolute Gasteiger partial charge is 0.237 e. The molecule has 1 aliphatic rings. The van der Waals surface area contributed by atoms with Crippen LogP contribution in [0.3, 0.4) is 0 Å². The van der Waals surface area contributed by atoms with Gasteiger partial charge in [0.2, 0.25) is 5.91 Å². The predicted molar refractivity (Wildman–Crippen MR) is 96.9 cm³/mol. The number of hydrogen-bond donors (Lipinski definition) is 1. The van der Waals surface area contributed by atoms with E-state index in [-0.39, 0.29) is 17.5 Å². The second-order valence-electron chi connectivity index (χ2n) is 7.63. The van der Waals surface area contributed by atoms with Crippen LogP contribution in [0, 0.1) is 6.92 Å². The number of nitrogens with zero attached hydrogens (tertiary/aromatic N) is 2. The van der Waals surface area contributed by atoms with Gasteiger partial charge in [0.15, 0.2) is 0 Å². The summed E-state index contributed by atoms with van der Waals surface area (Å²) in [6, 6.07) is 12.7. The van der Waals surface area contributed by atoms with E-state index in [0.717, 1.165) is 13.1 Å². The third kappa shape index (κ3) is 3.54. The molecule has 0 saturated heterocycles. The maximum Gasteiger partial charge on any atom is 0.237 e. The molecule has 1 amide bonds. The zero-order valence-electron chi connectivity index (χ0n) is 15.0. The van der Waals surface area contributed by atoms with E-state index in [4.69, 9.17) is 0 Å². The minimum atomic E-state index is -0.0650. The lowest BCUT2D eigenvalue weighted by molar-refractivity contribution is -0.133. The molecule has 0 spiro atoms. The molecule has 0 fully saturated rings. The summed E-state index contributed by atoms with van der Waals surface area (Å²) in [6.45, 7) is 10.3. The SMILES string of the molecule is Cc1cccc([C@H]2c3cccn3CCN2C(=O)CNC(C)(C)C)c1. The maximum atomic E-state index is 12.9. The molecule has 0 saturated carbocycles. The highest BCUT2D eigenvalue weighted by molar-refractivity contribution is 5.79. The summed E-state index contributed by atoms with van der Waals surface area (Å²) in [7, 11) is 0. The number of carbonyl (C=O) groups is 1. The molecule has 4 nitrogen and oxygen atoms in total. The highest BCUT2D eigenvalue weighted by Gasteiger charge is 2.32. The Bertz CT molecular complexity index is 726. The Hall–Kier alpha value is -2.07. The lowest BCUT2D eigenvalue weighted by atomic mass is 9.98. The van der Waals surface area contributed by atoms with Crippen molar-refractivity contribution in [3.8, 4) is 0 Å². The van der Waals surface area contributed by atoms with Gasteiger partial charge in [-0.1, -0.05) is 29.8 Å². The Morgan fingerprint density at radius 3 is 2.71 bits per heavy atom. The minimum absolute atomic E-state index is 0.0112. The first-order valence-electron chi connectivity index (χ1n) is 8.61. The molecule has 0 bridgehead atoms. The Morgan fingerprint density at radius 1 is 1.21 bits per heavy atom. The van der Waals surface area contributed by atoms with Crippen molar-refractivity contribution in [2.75, 3.05) is 13.1 Å². The number of hydrogen-bond acceptors (Lipinski definition) is 2. The summed E-state index contributed by atoms with van der Waals surface area (Å²) in [6.07, 6.45) is 2.10. The number of rotatable bonds is 3. The van der Waals surface area contributed by atoms with Crippen molar-refractivity contribution in [3.63, 3.8) is 0 Å². The highest BCUT2D eigenvalue weighted by atomic mass is 16.2. The molecular formula is C20H27N3O. The first-order valence-corrected chi connectivity index (χ1v) is 8.61. The Balaban J connectivity index is 1.92. The fraction of sp³-hybridized carbons (Fsp3) is 0.450. The molecule has 2 aromatic rings. The molecule has 0 aliphatic carbocycles. The largest absolute Gasteiger partial charge is 0.348 e. The van der Waals surface area contributed by atoms with Crippen LogP contribution in [-0.4, -0.2) is 34.0 Å². The van der Waals surface area contributed by atoms with Gasteiger partial charge < -0.3 is 14.8 Å².